The second-order valence-corrected chi connectivity index (χ2v) is 5.63. The van der Waals surface area contributed by atoms with E-state index in [0.29, 0.717) is 0 Å². The number of para-hydroxylation sites is 1. The van der Waals surface area contributed by atoms with E-state index in [4.69, 9.17) is 0 Å². The third kappa shape index (κ3) is 2.35. The molecule has 0 radical (unpaired) electrons. The lowest BCUT2D eigenvalue weighted by Gasteiger charge is -1.99. The first-order valence-corrected chi connectivity index (χ1v) is 7.71. The van der Waals surface area contributed by atoms with Gasteiger partial charge in [-0.15, -0.1) is 0 Å². The maximum Gasteiger partial charge on any atom is 0.0701 e. The summed E-state index contributed by atoms with van der Waals surface area (Å²) in [5.74, 6) is 0. The van der Waals surface area contributed by atoms with Crippen LogP contribution in [-0.2, 0) is 12.8 Å². The van der Waals surface area contributed by atoms with Crippen molar-refractivity contribution < 1.29 is 0 Å². The maximum atomic E-state index is 4.18. The molecule has 4 aromatic rings. The molecule has 0 bridgehead atoms. The number of aryl methyl sites for hydroxylation is 2. The van der Waals surface area contributed by atoms with Gasteiger partial charge in [-0.25, -0.2) is 0 Å². The van der Waals surface area contributed by atoms with Gasteiger partial charge in [-0.05, 0) is 46.9 Å². The van der Waals surface area contributed by atoms with Gasteiger partial charge >= 0.3 is 0 Å². The van der Waals surface area contributed by atoms with Crippen LogP contribution >= 0.6 is 0 Å². The monoisotopic (exact) mass is 283 g/mol. The van der Waals surface area contributed by atoms with Crippen molar-refractivity contribution in [3.8, 4) is 0 Å². The summed E-state index contributed by atoms with van der Waals surface area (Å²) in [6, 6.07) is 25.3. The normalized spacial score (nSPS) is 12.2. The van der Waals surface area contributed by atoms with Gasteiger partial charge < -0.3 is 0 Å². The number of pyridine rings is 1. The minimum atomic E-state index is 1.06. The zero-order chi connectivity index (χ0) is 14.8. The highest BCUT2D eigenvalue weighted by Crippen LogP contribution is 2.29. The summed E-state index contributed by atoms with van der Waals surface area (Å²) in [5, 5.41) is 4.12. The highest BCUT2D eigenvalue weighted by atomic mass is 14.6. The number of hydrogen-bond acceptors (Lipinski definition) is 1. The van der Waals surface area contributed by atoms with Crippen molar-refractivity contribution in [3.05, 3.63) is 90.1 Å². The molecular weight excluding hydrogens is 266 g/mol. The van der Waals surface area contributed by atoms with Gasteiger partial charge in [-0.3, -0.25) is 4.98 Å². The molecule has 1 aromatic heterocycles. The molecule has 1 nitrogen and oxygen atoms in total. The Bertz CT molecular complexity index is 836. The Kier molecular flexibility index (Phi) is 3.32. The molecule has 0 aliphatic heterocycles. The van der Waals surface area contributed by atoms with E-state index in [1.165, 1.54) is 40.1 Å². The van der Waals surface area contributed by atoms with Gasteiger partial charge in [-0.2, -0.15) is 0 Å². The van der Waals surface area contributed by atoms with Crippen molar-refractivity contribution in [2.24, 2.45) is 0 Å². The Morgan fingerprint density at radius 3 is 1.95 bits per heavy atom. The van der Waals surface area contributed by atoms with Crippen LogP contribution in [-0.4, -0.2) is 4.98 Å². The Morgan fingerprint density at radius 1 is 0.591 bits per heavy atom. The fourth-order valence-electron chi connectivity index (χ4n) is 3.20. The average Bonchev–Trinajstić information content (AvgIpc) is 3.02. The van der Waals surface area contributed by atoms with Crippen LogP contribution in [0.15, 0.2) is 79.0 Å². The minimum Gasteiger partial charge on any atom is -0.256 e. The van der Waals surface area contributed by atoms with Crippen molar-refractivity contribution in [2.75, 3.05) is 0 Å². The molecule has 0 unspecified atom stereocenters. The van der Waals surface area contributed by atoms with Gasteiger partial charge in [0.15, 0.2) is 0 Å². The van der Waals surface area contributed by atoms with E-state index in [1.807, 2.05) is 30.5 Å². The second kappa shape index (κ2) is 5.61. The lowest BCUT2D eigenvalue weighted by Crippen LogP contribution is -1.76. The SMILES string of the molecule is c1cc2c3c(cccc3c1)CC2.c1ccc2ncccc2c1. The highest BCUT2D eigenvalue weighted by Gasteiger charge is 2.11. The van der Waals surface area contributed by atoms with Crippen LogP contribution in [0.4, 0.5) is 0 Å². The zero-order valence-corrected chi connectivity index (χ0v) is 12.4. The van der Waals surface area contributed by atoms with Gasteiger partial charge in [0.1, 0.15) is 0 Å². The lowest BCUT2D eigenvalue weighted by molar-refractivity contribution is 1.02. The molecule has 1 aliphatic carbocycles. The summed E-state index contributed by atoms with van der Waals surface area (Å²) in [7, 11) is 0. The first-order valence-electron chi connectivity index (χ1n) is 7.71. The van der Waals surface area contributed by atoms with Gasteiger partial charge in [0.2, 0.25) is 0 Å². The molecular formula is C21H17N. The van der Waals surface area contributed by atoms with Crippen LogP contribution < -0.4 is 0 Å². The zero-order valence-electron chi connectivity index (χ0n) is 12.4. The smallest absolute Gasteiger partial charge is 0.0701 e. The summed E-state index contributed by atoms with van der Waals surface area (Å²) >= 11 is 0. The van der Waals surface area contributed by atoms with Crippen molar-refractivity contribution >= 4 is 21.7 Å². The summed E-state index contributed by atoms with van der Waals surface area (Å²) in [6.45, 7) is 0. The molecule has 1 aliphatic rings. The Balaban J connectivity index is 0.000000116. The van der Waals surface area contributed by atoms with Gasteiger partial charge in [0.05, 0.1) is 5.52 Å². The molecule has 0 amide bonds. The molecule has 3 aromatic carbocycles. The van der Waals surface area contributed by atoms with Gasteiger partial charge in [0, 0.05) is 11.6 Å². The molecule has 0 fully saturated rings. The third-order valence-corrected chi connectivity index (χ3v) is 4.25. The fraction of sp³-hybridized carbons (Fsp3) is 0.0952. The largest absolute Gasteiger partial charge is 0.256 e. The van der Waals surface area contributed by atoms with E-state index in [0.717, 1.165) is 5.52 Å². The third-order valence-electron chi connectivity index (χ3n) is 4.25. The molecule has 5 rings (SSSR count). The van der Waals surface area contributed by atoms with Crippen LogP contribution in [0, 0.1) is 0 Å². The van der Waals surface area contributed by atoms with Crippen molar-refractivity contribution in [1.29, 1.82) is 0 Å². The fourth-order valence-corrected chi connectivity index (χ4v) is 3.20. The number of benzene rings is 3. The number of hydrogen-bond donors (Lipinski definition) is 0. The lowest BCUT2D eigenvalue weighted by atomic mass is 10.1. The van der Waals surface area contributed by atoms with Crippen LogP contribution in [0.25, 0.3) is 21.7 Å². The summed E-state index contributed by atoms with van der Waals surface area (Å²) < 4.78 is 0. The molecule has 0 N–H and O–H groups in total. The highest BCUT2D eigenvalue weighted by molar-refractivity contribution is 5.90. The average molecular weight is 283 g/mol. The van der Waals surface area contributed by atoms with Gasteiger partial charge in [0.25, 0.3) is 0 Å². The summed E-state index contributed by atoms with van der Waals surface area (Å²) in [6.07, 6.45) is 4.27. The predicted molar refractivity (Wildman–Crippen MR) is 93.1 cm³/mol. The number of aromatic nitrogens is 1. The molecule has 22 heavy (non-hydrogen) atoms. The van der Waals surface area contributed by atoms with Crippen molar-refractivity contribution in [2.45, 2.75) is 12.8 Å². The van der Waals surface area contributed by atoms with E-state index in [2.05, 4.69) is 53.5 Å². The van der Waals surface area contributed by atoms with Crippen molar-refractivity contribution in [3.63, 3.8) is 0 Å². The summed E-state index contributed by atoms with van der Waals surface area (Å²) in [5.41, 5.74) is 4.12. The topological polar surface area (TPSA) is 12.9 Å². The molecule has 106 valence electrons. The van der Waals surface area contributed by atoms with E-state index >= 15 is 0 Å². The number of nitrogens with zero attached hydrogens (tertiary/aromatic N) is 1. The quantitative estimate of drug-likeness (QED) is 0.433. The maximum absolute atomic E-state index is 4.18. The Labute approximate surface area is 130 Å². The molecule has 0 saturated heterocycles. The van der Waals surface area contributed by atoms with Crippen LogP contribution in [0.3, 0.4) is 0 Å². The van der Waals surface area contributed by atoms with E-state index in [9.17, 15) is 0 Å². The first-order chi connectivity index (χ1) is 10.9. The molecule has 1 heterocycles. The van der Waals surface area contributed by atoms with Crippen LogP contribution in [0.2, 0.25) is 0 Å². The molecule has 0 spiro atoms. The first kappa shape index (κ1) is 13.0. The molecule has 0 saturated carbocycles. The predicted octanol–water partition coefficient (Wildman–Crippen LogP) is 5.17. The van der Waals surface area contributed by atoms with E-state index in [-0.39, 0.29) is 0 Å². The minimum absolute atomic E-state index is 1.06. The standard InChI is InChI=1S/C12H10.C9H7N/c1-3-9-4-2-6-11-8-7-10(5-1)12(9)11;1-2-6-9-8(4-1)5-3-7-10-9/h1-6H,7-8H2;1-7H. The number of fused-ring (bicyclic) bond motifs is 1. The Hall–Kier alpha value is -2.67. The Morgan fingerprint density at radius 2 is 1.23 bits per heavy atom. The van der Waals surface area contributed by atoms with E-state index < -0.39 is 0 Å². The van der Waals surface area contributed by atoms with Crippen LogP contribution in [0.5, 0.6) is 0 Å². The van der Waals surface area contributed by atoms with E-state index in [1.54, 1.807) is 0 Å². The molecule has 0 atom stereocenters. The number of rotatable bonds is 0. The second-order valence-electron chi connectivity index (χ2n) is 5.63. The molecule has 1 heteroatoms. The van der Waals surface area contributed by atoms with Crippen molar-refractivity contribution in [1.82, 2.24) is 4.98 Å². The summed E-state index contributed by atoms with van der Waals surface area (Å²) in [4.78, 5) is 4.18. The van der Waals surface area contributed by atoms with Crippen LogP contribution in [0.1, 0.15) is 11.1 Å². The van der Waals surface area contributed by atoms with Gasteiger partial charge in [-0.1, -0.05) is 60.7 Å².